The third-order valence-corrected chi connectivity index (χ3v) is 7.96. The molecule has 1 aliphatic heterocycles. The van der Waals surface area contributed by atoms with Crippen LogP contribution in [0.1, 0.15) is 64.9 Å². The Morgan fingerprint density at radius 1 is 1.00 bits per heavy atom. The molecule has 2 fully saturated rings. The summed E-state index contributed by atoms with van der Waals surface area (Å²) in [6.45, 7) is 7.23. The van der Waals surface area contributed by atoms with Crippen molar-refractivity contribution in [3.05, 3.63) is 29.8 Å². The Labute approximate surface area is 182 Å². The number of sulfonamides is 1. The summed E-state index contributed by atoms with van der Waals surface area (Å²) in [7, 11) is -3.92. The molecule has 0 radical (unpaired) electrons. The summed E-state index contributed by atoms with van der Waals surface area (Å²) in [6.07, 6.45) is -0.219. The number of likely N-dealkylation sites (tertiary alicyclic amines) is 1. The zero-order valence-corrected chi connectivity index (χ0v) is 19.0. The molecular weight excluding hydrogens is 429 g/mol. The highest BCUT2D eigenvalue weighted by Gasteiger charge is 2.40. The lowest BCUT2D eigenvalue weighted by atomic mass is 9.82. The fourth-order valence-electron chi connectivity index (χ4n) is 4.73. The van der Waals surface area contributed by atoms with Gasteiger partial charge in [0.2, 0.25) is 15.9 Å². The Bertz CT molecular complexity index is 884. The van der Waals surface area contributed by atoms with Gasteiger partial charge < -0.3 is 4.90 Å². The molecule has 5 nitrogen and oxygen atoms in total. The van der Waals surface area contributed by atoms with Gasteiger partial charge in [-0.15, -0.1) is 0 Å². The summed E-state index contributed by atoms with van der Waals surface area (Å²) in [5.41, 5.74) is -0.860. The zero-order chi connectivity index (χ0) is 23.0. The van der Waals surface area contributed by atoms with Gasteiger partial charge in [0, 0.05) is 24.5 Å². The van der Waals surface area contributed by atoms with E-state index >= 15 is 0 Å². The first-order valence-corrected chi connectivity index (χ1v) is 12.3. The van der Waals surface area contributed by atoms with Crippen molar-refractivity contribution in [1.29, 1.82) is 0 Å². The lowest BCUT2D eigenvalue weighted by molar-refractivity contribution is -0.139. The second-order valence-electron chi connectivity index (χ2n) is 9.75. The molecule has 9 heteroatoms. The molecule has 3 rings (SSSR count). The first-order chi connectivity index (χ1) is 14.3. The standard InChI is InChI=1S/C22H31F3N2O3S/c1-21(2,3)19-5-4-14-27(19)20(28)15-6-10-17(11-7-15)26-31(29,30)18-12-8-16(9-13-18)22(23,24)25/h8-9,12-13,15,17,19,26H,4-7,10-11,14H2,1-3H3/t15-,17-,19?. The van der Waals surface area contributed by atoms with Gasteiger partial charge in [-0.2, -0.15) is 13.2 Å². The van der Waals surface area contributed by atoms with Crippen molar-refractivity contribution in [2.75, 3.05) is 6.54 Å². The lowest BCUT2D eigenvalue weighted by Crippen LogP contribution is -2.47. The smallest absolute Gasteiger partial charge is 0.339 e. The molecular formula is C22H31F3N2O3S. The highest BCUT2D eigenvalue weighted by atomic mass is 32.2. The van der Waals surface area contributed by atoms with Gasteiger partial charge in [-0.25, -0.2) is 13.1 Å². The van der Waals surface area contributed by atoms with Gasteiger partial charge in [0.1, 0.15) is 0 Å². The third-order valence-electron chi connectivity index (χ3n) is 6.43. The number of benzene rings is 1. The molecule has 174 valence electrons. The second-order valence-corrected chi connectivity index (χ2v) is 11.5. The number of alkyl halides is 3. The number of amides is 1. The van der Waals surface area contributed by atoms with Crippen molar-refractivity contribution < 1.29 is 26.4 Å². The SMILES string of the molecule is CC(C)(C)C1CCCN1C(=O)[C@H]1CC[C@H](NS(=O)(=O)c2ccc(C(F)(F)F)cc2)CC1. The molecule has 1 N–H and O–H groups in total. The third kappa shape index (κ3) is 5.61. The Morgan fingerprint density at radius 2 is 1.58 bits per heavy atom. The molecule has 1 amide bonds. The minimum Gasteiger partial charge on any atom is -0.339 e. The Balaban J connectivity index is 1.58. The van der Waals surface area contributed by atoms with Crippen LogP contribution in [0.15, 0.2) is 29.2 Å². The molecule has 1 saturated heterocycles. The number of hydrogen-bond acceptors (Lipinski definition) is 3. The van der Waals surface area contributed by atoms with E-state index in [9.17, 15) is 26.4 Å². The average molecular weight is 461 g/mol. The number of nitrogens with zero attached hydrogens (tertiary/aromatic N) is 1. The van der Waals surface area contributed by atoms with Gasteiger partial charge in [-0.1, -0.05) is 20.8 Å². The molecule has 1 atom stereocenters. The van der Waals surface area contributed by atoms with Gasteiger partial charge in [-0.3, -0.25) is 4.79 Å². The summed E-state index contributed by atoms with van der Waals surface area (Å²) in [5, 5.41) is 0. The highest BCUT2D eigenvalue weighted by molar-refractivity contribution is 7.89. The summed E-state index contributed by atoms with van der Waals surface area (Å²) in [6, 6.07) is 3.39. The number of rotatable bonds is 4. The van der Waals surface area contributed by atoms with E-state index in [1.807, 2.05) is 4.90 Å². The molecule has 1 aliphatic carbocycles. The highest BCUT2D eigenvalue weighted by Crippen LogP contribution is 2.36. The maximum absolute atomic E-state index is 13.1. The van der Waals surface area contributed by atoms with Crippen molar-refractivity contribution in [1.82, 2.24) is 9.62 Å². The molecule has 1 aromatic rings. The monoisotopic (exact) mass is 460 g/mol. The van der Waals surface area contributed by atoms with E-state index in [-0.39, 0.29) is 34.2 Å². The van der Waals surface area contributed by atoms with Crippen molar-refractivity contribution >= 4 is 15.9 Å². The maximum Gasteiger partial charge on any atom is 0.416 e. The van der Waals surface area contributed by atoms with Gasteiger partial charge in [0.05, 0.1) is 10.5 Å². The van der Waals surface area contributed by atoms with Crippen LogP contribution in [0.3, 0.4) is 0 Å². The molecule has 2 aliphatic rings. The quantitative estimate of drug-likeness (QED) is 0.715. The summed E-state index contributed by atoms with van der Waals surface area (Å²) < 4.78 is 65.8. The maximum atomic E-state index is 13.1. The average Bonchev–Trinajstić information content (AvgIpc) is 3.18. The molecule has 0 spiro atoms. The summed E-state index contributed by atoms with van der Waals surface area (Å²) >= 11 is 0. The Hall–Kier alpha value is -1.61. The first kappa shape index (κ1) is 24.0. The topological polar surface area (TPSA) is 66.5 Å². The molecule has 1 unspecified atom stereocenters. The van der Waals surface area contributed by atoms with E-state index in [1.54, 1.807) is 0 Å². The van der Waals surface area contributed by atoms with E-state index < -0.39 is 21.8 Å². The predicted molar refractivity (Wildman–Crippen MR) is 112 cm³/mol. The number of hydrogen-bond donors (Lipinski definition) is 1. The van der Waals surface area contributed by atoms with Crippen LogP contribution in [0.25, 0.3) is 0 Å². The molecule has 1 aromatic carbocycles. The fourth-order valence-corrected chi connectivity index (χ4v) is 6.04. The summed E-state index contributed by atoms with van der Waals surface area (Å²) in [4.78, 5) is 14.9. The molecule has 1 heterocycles. The lowest BCUT2D eigenvalue weighted by Gasteiger charge is -2.38. The van der Waals surface area contributed by atoms with Crippen molar-refractivity contribution in [3.63, 3.8) is 0 Å². The van der Waals surface area contributed by atoms with Crippen molar-refractivity contribution in [2.24, 2.45) is 11.3 Å². The van der Waals surface area contributed by atoms with Crippen LogP contribution >= 0.6 is 0 Å². The van der Waals surface area contributed by atoms with Crippen LogP contribution in [-0.4, -0.2) is 37.9 Å². The number of carbonyl (C=O) groups excluding carboxylic acids is 1. The molecule has 0 aromatic heterocycles. The number of nitrogens with one attached hydrogen (secondary N) is 1. The van der Waals surface area contributed by atoms with Crippen LogP contribution in [0, 0.1) is 11.3 Å². The fraction of sp³-hybridized carbons (Fsp3) is 0.682. The minimum atomic E-state index is -4.51. The molecule has 31 heavy (non-hydrogen) atoms. The Morgan fingerprint density at radius 3 is 2.10 bits per heavy atom. The minimum absolute atomic E-state index is 0.0284. The van der Waals surface area contributed by atoms with Gasteiger partial charge in [0.15, 0.2) is 0 Å². The van der Waals surface area contributed by atoms with Crippen LogP contribution in [0.5, 0.6) is 0 Å². The van der Waals surface area contributed by atoms with Crippen molar-refractivity contribution in [2.45, 2.75) is 82.5 Å². The normalized spacial score (nSPS) is 25.6. The summed E-state index contributed by atoms with van der Waals surface area (Å²) in [5.74, 6) is 0.0660. The van der Waals surface area contributed by atoms with Gasteiger partial charge >= 0.3 is 6.18 Å². The van der Waals surface area contributed by atoms with E-state index in [0.717, 1.165) is 43.7 Å². The van der Waals surface area contributed by atoms with Gasteiger partial charge in [-0.05, 0) is 68.2 Å². The molecule has 1 saturated carbocycles. The van der Waals surface area contributed by atoms with Crippen LogP contribution in [0.4, 0.5) is 13.2 Å². The Kier molecular flexibility index (Phi) is 6.77. The van der Waals surface area contributed by atoms with Crippen LogP contribution in [-0.2, 0) is 21.0 Å². The van der Waals surface area contributed by atoms with E-state index in [1.165, 1.54) is 0 Å². The number of carbonyl (C=O) groups is 1. The van der Waals surface area contributed by atoms with Gasteiger partial charge in [0.25, 0.3) is 0 Å². The number of halogens is 3. The zero-order valence-electron chi connectivity index (χ0n) is 18.2. The van der Waals surface area contributed by atoms with E-state index in [2.05, 4.69) is 25.5 Å². The predicted octanol–water partition coefficient (Wildman–Crippen LogP) is 4.58. The largest absolute Gasteiger partial charge is 0.416 e. The second kappa shape index (κ2) is 8.73. The molecule has 0 bridgehead atoms. The van der Waals surface area contributed by atoms with E-state index in [0.29, 0.717) is 25.7 Å². The van der Waals surface area contributed by atoms with Crippen LogP contribution < -0.4 is 4.72 Å². The first-order valence-electron chi connectivity index (χ1n) is 10.8. The van der Waals surface area contributed by atoms with Crippen molar-refractivity contribution in [3.8, 4) is 0 Å². The van der Waals surface area contributed by atoms with E-state index in [4.69, 9.17) is 0 Å². The van der Waals surface area contributed by atoms with Crippen LogP contribution in [0.2, 0.25) is 0 Å².